The van der Waals surface area contributed by atoms with Gasteiger partial charge in [0.1, 0.15) is 0 Å². The van der Waals surface area contributed by atoms with Gasteiger partial charge in [-0.15, -0.1) is 0 Å². The Morgan fingerprint density at radius 2 is 1.74 bits per heavy atom. The largest absolute Gasteiger partial charge is 0.504 e. The summed E-state index contributed by atoms with van der Waals surface area (Å²) >= 11 is 0. The van der Waals surface area contributed by atoms with Crippen LogP contribution in [0, 0.1) is 0 Å². The van der Waals surface area contributed by atoms with E-state index in [1.807, 2.05) is 0 Å². The van der Waals surface area contributed by atoms with Gasteiger partial charge in [0, 0.05) is 31.5 Å². The fourth-order valence-electron chi connectivity index (χ4n) is 2.99. The van der Waals surface area contributed by atoms with Gasteiger partial charge in [0.25, 0.3) is 0 Å². The number of hydrogen-bond donors (Lipinski definition) is 4. The van der Waals surface area contributed by atoms with Crippen LogP contribution in [0.15, 0.2) is 30.3 Å². The topological polar surface area (TPSA) is 101 Å². The summed E-state index contributed by atoms with van der Waals surface area (Å²) in [6, 6.07) is 7.60. The molecule has 4 N–H and O–H groups in total. The lowest BCUT2D eigenvalue weighted by atomic mass is 9.84. The van der Waals surface area contributed by atoms with E-state index in [2.05, 4.69) is 0 Å². The minimum absolute atomic E-state index is 0.147. The molecule has 0 spiro atoms. The lowest BCUT2D eigenvalue weighted by molar-refractivity contribution is -0.129. The van der Waals surface area contributed by atoms with Crippen molar-refractivity contribution in [2.75, 3.05) is 6.54 Å². The van der Waals surface area contributed by atoms with Gasteiger partial charge >= 0.3 is 0 Å². The van der Waals surface area contributed by atoms with Gasteiger partial charge in [-0.2, -0.15) is 0 Å². The second kappa shape index (κ2) is 5.39. The van der Waals surface area contributed by atoms with E-state index in [0.29, 0.717) is 17.7 Å². The van der Waals surface area contributed by atoms with E-state index in [0.717, 1.165) is 5.56 Å². The van der Waals surface area contributed by atoms with Crippen LogP contribution in [0.25, 0.3) is 0 Å². The molecule has 1 atom stereocenters. The maximum Gasteiger partial charge on any atom is 0.219 e. The zero-order valence-corrected chi connectivity index (χ0v) is 12.5. The molecule has 0 fully saturated rings. The Labute approximate surface area is 132 Å². The van der Waals surface area contributed by atoms with Crippen molar-refractivity contribution < 1.29 is 25.2 Å². The van der Waals surface area contributed by atoms with E-state index >= 15 is 0 Å². The van der Waals surface area contributed by atoms with Crippen molar-refractivity contribution in [3.63, 3.8) is 0 Å². The molecule has 0 aromatic heterocycles. The number of aromatic hydroxyl groups is 4. The Kier molecular flexibility index (Phi) is 3.52. The predicted molar refractivity (Wildman–Crippen MR) is 82.5 cm³/mol. The van der Waals surface area contributed by atoms with Crippen LogP contribution >= 0.6 is 0 Å². The Morgan fingerprint density at radius 1 is 1.04 bits per heavy atom. The van der Waals surface area contributed by atoms with Crippen LogP contribution < -0.4 is 0 Å². The molecule has 1 heterocycles. The smallest absolute Gasteiger partial charge is 0.219 e. The van der Waals surface area contributed by atoms with Crippen molar-refractivity contribution in [2.45, 2.75) is 19.4 Å². The van der Waals surface area contributed by atoms with Gasteiger partial charge in [0.2, 0.25) is 5.91 Å². The third kappa shape index (κ3) is 2.52. The Hall–Kier alpha value is -2.89. The van der Waals surface area contributed by atoms with Gasteiger partial charge in [-0.05, 0) is 29.3 Å². The molecule has 1 aliphatic heterocycles. The van der Waals surface area contributed by atoms with E-state index in [4.69, 9.17) is 0 Å². The van der Waals surface area contributed by atoms with Gasteiger partial charge in [0.15, 0.2) is 23.0 Å². The number of carbonyl (C=O) groups excluding carboxylic acids is 1. The standard InChI is InChI=1S/C17H17NO5/c1-9(19)18-7-12(10-2-4-14(20)16(22)6-10)11-3-5-15(21)17(23)13(11)8-18/h2-6,12,20-23H,7-8H2,1H3. The molecule has 1 amide bonds. The number of hydrogen-bond acceptors (Lipinski definition) is 5. The highest BCUT2D eigenvalue weighted by molar-refractivity contribution is 5.74. The van der Waals surface area contributed by atoms with Crippen molar-refractivity contribution in [1.82, 2.24) is 4.90 Å². The Bertz CT molecular complexity index is 787. The number of fused-ring (bicyclic) bond motifs is 1. The van der Waals surface area contributed by atoms with E-state index in [1.54, 1.807) is 17.0 Å². The number of phenolic OH excluding ortho intramolecular Hbond substituents is 4. The van der Waals surface area contributed by atoms with Crippen molar-refractivity contribution in [2.24, 2.45) is 0 Å². The molecule has 0 aliphatic carbocycles. The Morgan fingerprint density at radius 3 is 2.39 bits per heavy atom. The summed E-state index contributed by atoms with van der Waals surface area (Å²) in [7, 11) is 0. The molecule has 1 aliphatic rings. The molecular formula is C17H17NO5. The third-order valence-electron chi connectivity index (χ3n) is 4.27. The van der Waals surface area contributed by atoms with Crippen LogP contribution in [0.2, 0.25) is 0 Å². The summed E-state index contributed by atoms with van der Waals surface area (Å²) in [5.74, 6) is -1.36. The summed E-state index contributed by atoms with van der Waals surface area (Å²) in [5.41, 5.74) is 1.98. The maximum absolute atomic E-state index is 11.8. The van der Waals surface area contributed by atoms with Crippen molar-refractivity contribution in [1.29, 1.82) is 0 Å². The molecule has 6 nitrogen and oxygen atoms in total. The molecule has 0 radical (unpaired) electrons. The zero-order chi connectivity index (χ0) is 16.7. The number of amides is 1. The second-order valence-corrected chi connectivity index (χ2v) is 5.70. The molecule has 2 aromatic carbocycles. The van der Waals surface area contributed by atoms with Crippen LogP contribution in [-0.4, -0.2) is 37.8 Å². The third-order valence-corrected chi connectivity index (χ3v) is 4.27. The second-order valence-electron chi connectivity index (χ2n) is 5.70. The normalized spacial score (nSPS) is 16.9. The average molecular weight is 315 g/mol. The predicted octanol–water partition coefficient (Wildman–Crippen LogP) is 2.00. The van der Waals surface area contributed by atoms with Crippen molar-refractivity contribution in [3.8, 4) is 23.0 Å². The van der Waals surface area contributed by atoms with Gasteiger partial charge in [0.05, 0.1) is 0 Å². The summed E-state index contributed by atoms with van der Waals surface area (Å²) in [5, 5.41) is 39.0. The number of carbonyl (C=O) groups is 1. The molecule has 120 valence electrons. The fourth-order valence-corrected chi connectivity index (χ4v) is 2.99. The monoisotopic (exact) mass is 315 g/mol. The van der Waals surface area contributed by atoms with Crippen LogP contribution in [0.1, 0.15) is 29.5 Å². The van der Waals surface area contributed by atoms with Crippen LogP contribution in [0.5, 0.6) is 23.0 Å². The highest BCUT2D eigenvalue weighted by Gasteiger charge is 2.31. The first-order valence-electron chi connectivity index (χ1n) is 7.19. The lowest BCUT2D eigenvalue weighted by Crippen LogP contribution is -2.37. The molecule has 0 bridgehead atoms. The number of nitrogens with zero attached hydrogens (tertiary/aromatic N) is 1. The quantitative estimate of drug-likeness (QED) is 0.603. The minimum Gasteiger partial charge on any atom is -0.504 e. The average Bonchev–Trinajstić information content (AvgIpc) is 2.52. The van der Waals surface area contributed by atoms with Gasteiger partial charge in [-0.1, -0.05) is 12.1 Å². The van der Waals surface area contributed by atoms with E-state index in [9.17, 15) is 25.2 Å². The number of phenols is 4. The molecule has 0 saturated heterocycles. The SMILES string of the molecule is CC(=O)N1Cc2c(ccc(O)c2O)C(c2ccc(O)c(O)c2)C1. The van der Waals surface area contributed by atoms with Crippen LogP contribution in [-0.2, 0) is 11.3 Å². The maximum atomic E-state index is 11.8. The first kappa shape index (κ1) is 15.0. The highest BCUT2D eigenvalue weighted by atomic mass is 16.3. The summed E-state index contributed by atoms with van der Waals surface area (Å²) in [4.78, 5) is 13.4. The first-order valence-corrected chi connectivity index (χ1v) is 7.19. The molecule has 3 rings (SSSR count). The summed E-state index contributed by atoms with van der Waals surface area (Å²) < 4.78 is 0. The van der Waals surface area contributed by atoms with Crippen molar-refractivity contribution in [3.05, 3.63) is 47.0 Å². The summed E-state index contributed by atoms with van der Waals surface area (Å²) in [6.45, 7) is 2.04. The van der Waals surface area contributed by atoms with E-state index in [-0.39, 0.29) is 41.4 Å². The number of benzene rings is 2. The van der Waals surface area contributed by atoms with Crippen molar-refractivity contribution >= 4 is 5.91 Å². The molecular weight excluding hydrogens is 298 g/mol. The first-order chi connectivity index (χ1) is 10.9. The van der Waals surface area contributed by atoms with Crippen LogP contribution in [0.4, 0.5) is 0 Å². The highest BCUT2D eigenvalue weighted by Crippen LogP contribution is 2.42. The number of rotatable bonds is 1. The summed E-state index contributed by atoms with van der Waals surface area (Å²) in [6.07, 6.45) is 0. The minimum atomic E-state index is -0.277. The van der Waals surface area contributed by atoms with Gasteiger partial charge in [-0.3, -0.25) is 4.79 Å². The molecule has 2 aromatic rings. The molecule has 6 heteroatoms. The van der Waals surface area contributed by atoms with E-state index in [1.165, 1.54) is 25.1 Å². The van der Waals surface area contributed by atoms with Gasteiger partial charge in [-0.25, -0.2) is 0 Å². The Balaban J connectivity index is 2.15. The van der Waals surface area contributed by atoms with E-state index < -0.39 is 0 Å². The molecule has 23 heavy (non-hydrogen) atoms. The fraction of sp³-hybridized carbons (Fsp3) is 0.235. The zero-order valence-electron chi connectivity index (χ0n) is 12.5. The molecule has 1 unspecified atom stereocenters. The lowest BCUT2D eigenvalue weighted by Gasteiger charge is -2.35. The van der Waals surface area contributed by atoms with Gasteiger partial charge < -0.3 is 25.3 Å². The molecule has 0 saturated carbocycles. The van der Waals surface area contributed by atoms with Crippen LogP contribution in [0.3, 0.4) is 0 Å².